The van der Waals surface area contributed by atoms with Crippen LogP contribution in [0, 0.1) is 4.77 Å². The Morgan fingerprint density at radius 3 is 2.79 bits per heavy atom. The van der Waals surface area contributed by atoms with E-state index in [2.05, 4.69) is 39.6 Å². The third-order valence-corrected chi connectivity index (χ3v) is 4.85. The highest BCUT2D eigenvalue weighted by Gasteiger charge is 2.10. The van der Waals surface area contributed by atoms with Gasteiger partial charge in [-0.05, 0) is 47.6 Å². The molecule has 6 nitrogen and oxygen atoms in total. The Kier molecular flexibility index (Phi) is 5.39. The summed E-state index contributed by atoms with van der Waals surface area (Å²) in [4.78, 5) is 0. The molecule has 0 fully saturated rings. The summed E-state index contributed by atoms with van der Waals surface area (Å²) in [5.41, 5.74) is 1.67. The SMILES string of the molecule is CCOc1cccc(/C=N/n2c(Cc3cccc4ccccc34)n[nH]c2=S)c1O. The average molecular weight is 404 g/mol. The summed E-state index contributed by atoms with van der Waals surface area (Å²) < 4.78 is 7.38. The minimum absolute atomic E-state index is 0.0451. The van der Waals surface area contributed by atoms with Gasteiger partial charge in [0, 0.05) is 12.0 Å². The molecule has 0 spiro atoms. The Morgan fingerprint density at radius 2 is 1.93 bits per heavy atom. The van der Waals surface area contributed by atoms with Crippen molar-refractivity contribution in [3.63, 3.8) is 0 Å². The topological polar surface area (TPSA) is 75.4 Å². The zero-order chi connectivity index (χ0) is 20.2. The molecule has 146 valence electrons. The largest absolute Gasteiger partial charge is 0.504 e. The monoisotopic (exact) mass is 404 g/mol. The Hall–Kier alpha value is -3.45. The lowest BCUT2D eigenvalue weighted by molar-refractivity contribution is 0.318. The quantitative estimate of drug-likeness (QED) is 0.362. The van der Waals surface area contributed by atoms with Crippen LogP contribution in [-0.4, -0.2) is 32.8 Å². The van der Waals surface area contributed by atoms with E-state index in [-0.39, 0.29) is 5.75 Å². The smallest absolute Gasteiger partial charge is 0.216 e. The lowest BCUT2D eigenvalue weighted by Gasteiger charge is -2.08. The van der Waals surface area contributed by atoms with Crippen molar-refractivity contribution >= 4 is 29.2 Å². The van der Waals surface area contributed by atoms with Crippen LogP contribution < -0.4 is 4.74 Å². The molecule has 29 heavy (non-hydrogen) atoms. The lowest BCUT2D eigenvalue weighted by atomic mass is 10.0. The summed E-state index contributed by atoms with van der Waals surface area (Å²) in [6.45, 7) is 2.33. The fourth-order valence-electron chi connectivity index (χ4n) is 3.21. The van der Waals surface area contributed by atoms with E-state index in [1.807, 2.05) is 25.1 Å². The number of nitrogens with one attached hydrogen (secondary N) is 1. The van der Waals surface area contributed by atoms with Gasteiger partial charge in [-0.15, -0.1) is 0 Å². The van der Waals surface area contributed by atoms with Gasteiger partial charge in [0.05, 0.1) is 12.8 Å². The highest BCUT2D eigenvalue weighted by molar-refractivity contribution is 7.71. The van der Waals surface area contributed by atoms with Crippen molar-refractivity contribution < 1.29 is 9.84 Å². The number of rotatable bonds is 6. The van der Waals surface area contributed by atoms with Gasteiger partial charge in [0.15, 0.2) is 17.3 Å². The fourth-order valence-corrected chi connectivity index (χ4v) is 3.41. The van der Waals surface area contributed by atoms with Crippen LogP contribution in [0.25, 0.3) is 10.8 Å². The predicted molar refractivity (Wildman–Crippen MR) is 116 cm³/mol. The molecule has 3 aromatic carbocycles. The summed E-state index contributed by atoms with van der Waals surface area (Å²) >= 11 is 5.34. The first-order valence-corrected chi connectivity index (χ1v) is 9.70. The van der Waals surface area contributed by atoms with E-state index in [0.29, 0.717) is 34.9 Å². The Bertz CT molecular complexity index is 1240. The lowest BCUT2D eigenvalue weighted by Crippen LogP contribution is -2.01. The number of hydrogen-bond donors (Lipinski definition) is 2. The standard InChI is InChI=1S/C22H20N4O2S/c1-2-28-19-12-6-10-17(21(19)27)14-23-26-20(24-25-22(26)29)13-16-9-5-8-15-7-3-4-11-18(15)16/h3-12,14,27H,2,13H2,1H3,(H,25,29)/b23-14+. The molecule has 0 aliphatic heterocycles. The molecule has 4 aromatic rings. The van der Waals surface area contributed by atoms with Gasteiger partial charge in [-0.25, -0.2) is 0 Å². The molecule has 2 N–H and O–H groups in total. The number of fused-ring (bicyclic) bond motifs is 1. The van der Waals surface area contributed by atoms with Gasteiger partial charge in [0.2, 0.25) is 4.77 Å². The van der Waals surface area contributed by atoms with Crippen molar-refractivity contribution in [3.8, 4) is 11.5 Å². The maximum Gasteiger partial charge on any atom is 0.216 e. The summed E-state index contributed by atoms with van der Waals surface area (Å²) in [6.07, 6.45) is 2.12. The van der Waals surface area contributed by atoms with Gasteiger partial charge in [0.25, 0.3) is 0 Å². The normalized spacial score (nSPS) is 11.3. The Labute approximate surface area is 173 Å². The molecule has 0 saturated heterocycles. The Balaban J connectivity index is 1.67. The number of benzene rings is 3. The number of aromatic hydroxyl groups is 1. The number of para-hydroxylation sites is 1. The molecular weight excluding hydrogens is 384 g/mol. The third kappa shape index (κ3) is 3.90. The van der Waals surface area contributed by atoms with Gasteiger partial charge in [-0.1, -0.05) is 48.5 Å². The van der Waals surface area contributed by atoms with Crippen LogP contribution in [0.4, 0.5) is 0 Å². The van der Waals surface area contributed by atoms with Gasteiger partial charge in [-0.2, -0.15) is 14.9 Å². The van der Waals surface area contributed by atoms with Gasteiger partial charge in [-0.3, -0.25) is 5.10 Å². The zero-order valence-electron chi connectivity index (χ0n) is 15.9. The van der Waals surface area contributed by atoms with Crippen molar-refractivity contribution in [3.05, 3.63) is 82.4 Å². The number of aromatic nitrogens is 3. The first-order valence-electron chi connectivity index (χ1n) is 9.29. The van der Waals surface area contributed by atoms with Gasteiger partial charge >= 0.3 is 0 Å². The molecule has 4 rings (SSSR count). The molecule has 0 unspecified atom stereocenters. The first-order chi connectivity index (χ1) is 14.2. The fraction of sp³-hybridized carbons (Fsp3) is 0.136. The number of H-pyrrole nitrogens is 1. The van der Waals surface area contributed by atoms with Gasteiger partial charge < -0.3 is 9.84 Å². The van der Waals surface area contributed by atoms with Crippen molar-refractivity contribution in [1.29, 1.82) is 0 Å². The van der Waals surface area contributed by atoms with E-state index in [1.54, 1.807) is 29.1 Å². The molecule has 1 aromatic heterocycles. The van der Waals surface area contributed by atoms with E-state index in [4.69, 9.17) is 17.0 Å². The number of nitrogens with zero attached hydrogens (tertiary/aromatic N) is 3. The Morgan fingerprint density at radius 1 is 1.14 bits per heavy atom. The molecular formula is C22H20N4O2S. The van der Waals surface area contributed by atoms with Crippen LogP contribution in [0.2, 0.25) is 0 Å². The number of hydrogen-bond acceptors (Lipinski definition) is 5. The van der Waals surface area contributed by atoms with E-state index in [9.17, 15) is 5.11 Å². The molecule has 7 heteroatoms. The number of phenols is 1. The first kappa shape index (κ1) is 18.9. The summed E-state index contributed by atoms with van der Waals surface area (Å²) in [5.74, 6) is 1.15. The second kappa shape index (κ2) is 8.28. The molecule has 0 bridgehead atoms. The second-order valence-corrected chi connectivity index (χ2v) is 6.83. The second-order valence-electron chi connectivity index (χ2n) is 6.44. The van der Waals surface area contributed by atoms with E-state index >= 15 is 0 Å². The van der Waals surface area contributed by atoms with Crippen LogP contribution in [0.5, 0.6) is 11.5 Å². The molecule has 0 radical (unpaired) electrons. The van der Waals surface area contributed by atoms with Crippen LogP contribution in [-0.2, 0) is 6.42 Å². The van der Waals surface area contributed by atoms with Crippen molar-refractivity contribution in [2.75, 3.05) is 6.61 Å². The van der Waals surface area contributed by atoms with Crippen LogP contribution in [0.3, 0.4) is 0 Å². The van der Waals surface area contributed by atoms with Crippen molar-refractivity contribution in [2.24, 2.45) is 5.10 Å². The minimum atomic E-state index is 0.0451. The number of aromatic amines is 1. The zero-order valence-corrected chi connectivity index (χ0v) is 16.7. The summed E-state index contributed by atoms with van der Waals surface area (Å²) in [7, 11) is 0. The van der Waals surface area contributed by atoms with E-state index in [1.165, 1.54) is 10.8 Å². The highest BCUT2D eigenvalue weighted by atomic mass is 32.1. The maximum atomic E-state index is 10.4. The molecule has 0 aliphatic rings. The molecule has 1 heterocycles. The third-order valence-electron chi connectivity index (χ3n) is 4.59. The van der Waals surface area contributed by atoms with E-state index < -0.39 is 0 Å². The van der Waals surface area contributed by atoms with Gasteiger partial charge in [0.1, 0.15) is 0 Å². The number of ether oxygens (including phenoxy) is 1. The highest BCUT2D eigenvalue weighted by Crippen LogP contribution is 2.28. The van der Waals surface area contributed by atoms with Crippen LogP contribution in [0.15, 0.2) is 65.8 Å². The molecule has 0 amide bonds. The molecule has 0 saturated carbocycles. The average Bonchev–Trinajstić information content (AvgIpc) is 3.08. The van der Waals surface area contributed by atoms with Crippen LogP contribution in [0.1, 0.15) is 23.9 Å². The molecule has 0 aliphatic carbocycles. The van der Waals surface area contributed by atoms with Crippen molar-refractivity contribution in [1.82, 2.24) is 14.9 Å². The minimum Gasteiger partial charge on any atom is -0.504 e. The predicted octanol–water partition coefficient (Wildman–Crippen LogP) is 4.67. The molecule has 0 atom stereocenters. The van der Waals surface area contributed by atoms with Crippen LogP contribution >= 0.6 is 12.2 Å². The summed E-state index contributed by atoms with van der Waals surface area (Å²) in [6, 6.07) is 19.7. The summed E-state index contributed by atoms with van der Waals surface area (Å²) in [5, 5.41) is 24.3. The maximum absolute atomic E-state index is 10.4. The van der Waals surface area contributed by atoms with Crippen molar-refractivity contribution in [2.45, 2.75) is 13.3 Å². The van der Waals surface area contributed by atoms with E-state index in [0.717, 1.165) is 5.56 Å². The number of phenolic OH excluding ortho intramolecular Hbond substituents is 1.